The smallest absolute Gasteiger partial charge is 0.254 e. The molecule has 114 valence electrons. The van der Waals surface area contributed by atoms with Gasteiger partial charge in [-0.05, 0) is 37.5 Å². The van der Waals surface area contributed by atoms with Crippen molar-refractivity contribution in [2.75, 3.05) is 26.3 Å². The molecule has 21 heavy (non-hydrogen) atoms. The first-order valence-electron chi connectivity index (χ1n) is 7.70. The molecule has 1 saturated heterocycles. The van der Waals surface area contributed by atoms with Gasteiger partial charge in [0, 0.05) is 31.1 Å². The molecule has 2 aliphatic heterocycles. The number of fused-ring (bicyclic) bond motifs is 1. The molecule has 1 unspecified atom stereocenters. The van der Waals surface area contributed by atoms with Gasteiger partial charge in [-0.25, -0.2) is 0 Å². The standard InChI is InChI=1S/C16H22N2O3/c17-11-13-4-1-2-7-18(13)16(19)12-5-6-14-15(10-12)21-9-3-8-20-14/h5-6,10,13H,1-4,7-9,11,17H2. The minimum atomic E-state index is 0.0424. The van der Waals surface area contributed by atoms with Crippen LogP contribution in [-0.2, 0) is 0 Å². The van der Waals surface area contributed by atoms with Crippen molar-refractivity contribution in [2.24, 2.45) is 5.73 Å². The molecule has 0 radical (unpaired) electrons. The molecule has 0 spiro atoms. The van der Waals surface area contributed by atoms with Crippen LogP contribution in [0.3, 0.4) is 0 Å². The van der Waals surface area contributed by atoms with Gasteiger partial charge in [-0.15, -0.1) is 0 Å². The van der Waals surface area contributed by atoms with E-state index in [2.05, 4.69) is 0 Å². The fourth-order valence-electron chi connectivity index (χ4n) is 2.98. The van der Waals surface area contributed by atoms with Crippen LogP contribution in [0.4, 0.5) is 0 Å². The van der Waals surface area contributed by atoms with E-state index in [1.165, 1.54) is 0 Å². The summed E-state index contributed by atoms with van der Waals surface area (Å²) >= 11 is 0. The number of benzene rings is 1. The molecule has 0 aromatic heterocycles. The summed E-state index contributed by atoms with van der Waals surface area (Å²) in [5, 5.41) is 0. The van der Waals surface area contributed by atoms with Crippen LogP contribution in [0.2, 0.25) is 0 Å². The Bertz CT molecular complexity index is 518. The minimum absolute atomic E-state index is 0.0424. The molecule has 0 saturated carbocycles. The Labute approximate surface area is 125 Å². The Balaban J connectivity index is 1.82. The van der Waals surface area contributed by atoms with Crippen LogP contribution in [0.25, 0.3) is 0 Å². The average Bonchev–Trinajstić information content (AvgIpc) is 2.78. The number of rotatable bonds is 2. The number of hydrogen-bond acceptors (Lipinski definition) is 4. The first-order chi connectivity index (χ1) is 10.3. The summed E-state index contributed by atoms with van der Waals surface area (Å²) < 4.78 is 11.3. The van der Waals surface area contributed by atoms with Crippen LogP contribution in [-0.4, -0.2) is 43.2 Å². The molecule has 0 bridgehead atoms. The maximum atomic E-state index is 12.7. The fraction of sp³-hybridized carbons (Fsp3) is 0.562. The molecular formula is C16H22N2O3. The number of piperidine rings is 1. The number of hydrogen-bond donors (Lipinski definition) is 1. The zero-order chi connectivity index (χ0) is 14.7. The number of carbonyl (C=O) groups is 1. The number of ether oxygens (including phenoxy) is 2. The van der Waals surface area contributed by atoms with Gasteiger partial charge in [0.1, 0.15) is 0 Å². The first-order valence-corrected chi connectivity index (χ1v) is 7.70. The van der Waals surface area contributed by atoms with E-state index in [0.29, 0.717) is 31.1 Å². The van der Waals surface area contributed by atoms with Crippen molar-refractivity contribution >= 4 is 5.91 Å². The van der Waals surface area contributed by atoms with Crippen LogP contribution < -0.4 is 15.2 Å². The summed E-state index contributed by atoms with van der Waals surface area (Å²) in [4.78, 5) is 14.6. The highest BCUT2D eigenvalue weighted by atomic mass is 16.5. The maximum Gasteiger partial charge on any atom is 0.254 e. The van der Waals surface area contributed by atoms with Crippen LogP contribution in [0.15, 0.2) is 18.2 Å². The molecule has 2 aliphatic rings. The molecule has 2 N–H and O–H groups in total. The monoisotopic (exact) mass is 290 g/mol. The highest BCUT2D eigenvalue weighted by Gasteiger charge is 2.27. The molecule has 1 amide bonds. The van der Waals surface area contributed by atoms with Gasteiger partial charge in [-0.3, -0.25) is 4.79 Å². The zero-order valence-corrected chi connectivity index (χ0v) is 12.2. The van der Waals surface area contributed by atoms with Crippen molar-refractivity contribution in [2.45, 2.75) is 31.7 Å². The predicted octanol–water partition coefficient (Wildman–Crippen LogP) is 1.80. The van der Waals surface area contributed by atoms with E-state index in [1.54, 1.807) is 6.07 Å². The second kappa shape index (κ2) is 6.35. The number of nitrogens with two attached hydrogens (primary N) is 1. The van der Waals surface area contributed by atoms with E-state index in [-0.39, 0.29) is 11.9 Å². The molecule has 1 atom stereocenters. The Morgan fingerprint density at radius 3 is 2.81 bits per heavy atom. The largest absolute Gasteiger partial charge is 0.490 e. The van der Waals surface area contributed by atoms with Crippen molar-refractivity contribution in [3.05, 3.63) is 23.8 Å². The van der Waals surface area contributed by atoms with E-state index in [4.69, 9.17) is 15.2 Å². The topological polar surface area (TPSA) is 64.8 Å². The van der Waals surface area contributed by atoms with E-state index in [1.807, 2.05) is 17.0 Å². The average molecular weight is 290 g/mol. The molecule has 1 aromatic carbocycles. The number of amides is 1. The summed E-state index contributed by atoms with van der Waals surface area (Å²) in [5.41, 5.74) is 6.45. The number of nitrogens with zero attached hydrogens (tertiary/aromatic N) is 1. The second-order valence-corrected chi connectivity index (χ2v) is 5.60. The highest BCUT2D eigenvalue weighted by Crippen LogP contribution is 2.31. The summed E-state index contributed by atoms with van der Waals surface area (Å²) in [7, 11) is 0. The lowest BCUT2D eigenvalue weighted by Gasteiger charge is -2.35. The first kappa shape index (κ1) is 14.2. The molecular weight excluding hydrogens is 268 g/mol. The fourth-order valence-corrected chi connectivity index (χ4v) is 2.98. The van der Waals surface area contributed by atoms with Gasteiger partial charge >= 0.3 is 0 Å². The second-order valence-electron chi connectivity index (χ2n) is 5.60. The maximum absolute atomic E-state index is 12.7. The third-order valence-electron chi connectivity index (χ3n) is 4.15. The van der Waals surface area contributed by atoms with Crippen molar-refractivity contribution in [1.82, 2.24) is 4.90 Å². The Morgan fingerprint density at radius 1 is 1.19 bits per heavy atom. The van der Waals surface area contributed by atoms with Crippen LogP contribution in [0, 0.1) is 0 Å². The van der Waals surface area contributed by atoms with E-state index < -0.39 is 0 Å². The molecule has 5 nitrogen and oxygen atoms in total. The summed E-state index contributed by atoms with van der Waals surface area (Å²) in [6, 6.07) is 5.60. The lowest BCUT2D eigenvalue weighted by atomic mass is 10.0. The Morgan fingerprint density at radius 2 is 2.00 bits per heavy atom. The van der Waals surface area contributed by atoms with Gasteiger partial charge in [0.25, 0.3) is 5.91 Å². The Kier molecular flexibility index (Phi) is 4.29. The van der Waals surface area contributed by atoms with Crippen LogP contribution >= 0.6 is 0 Å². The summed E-state index contributed by atoms with van der Waals surface area (Å²) in [5.74, 6) is 1.43. The lowest BCUT2D eigenvalue weighted by molar-refractivity contribution is 0.0623. The molecule has 3 rings (SSSR count). The normalized spacial score (nSPS) is 21.8. The van der Waals surface area contributed by atoms with Gasteiger partial charge < -0.3 is 20.1 Å². The number of likely N-dealkylation sites (tertiary alicyclic amines) is 1. The molecule has 1 aromatic rings. The SMILES string of the molecule is NCC1CCCCN1C(=O)c1ccc2c(c1)OCCCO2. The molecule has 1 fully saturated rings. The third kappa shape index (κ3) is 2.97. The van der Waals surface area contributed by atoms with Crippen molar-refractivity contribution in [1.29, 1.82) is 0 Å². The predicted molar refractivity (Wildman–Crippen MR) is 79.8 cm³/mol. The number of carbonyl (C=O) groups excluding carboxylic acids is 1. The van der Waals surface area contributed by atoms with Crippen molar-refractivity contribution in [3.8, 4) is 11.5 Å². The van der Waals surface area contributed by atoms with Crippen LogP contribution in [0.5, 0.6) is 11.5 Å². The van der Waals surface area contributed by atoms with E-state index in [0.717, 1.165) is 38.0 Å². The van der Waals surface area contributed by atoms with Crippen molar-refractivity contribution in [3.63, 3.8) is 0 Å². The van der Waals surface area contributed by atoms with Crippen LogP contribution in [0.1, 0.15) is 36.0 Å². The van der Waals surface area contributed by atoms with Gasteiger partial charge in [-0.1, -0.05) is 0 Å². The van der Waals surface area contributed by atoms with Gasteiger partial charge in [0.2, 0.25) is 0 Å². The quantitative estimate of drug-likeness (QED) is 0.902. The third-order valence-corrected chi connectivity index (χ3v) is 4.15. The molecule has 2 heterocycles. The highest BCUT2D eigenvalue weighted by molar-refractivity contribution is 5.95. The molecule has 5 heteroatoms. The minimum Gasteiger partial charge on any atom is -0.490 e. The lowest BCUT2D eigenvalue weighted by Crippen LogP contribution is -2.47. The van der Waals surface area contributed by atoms with Crippen molar-refractivity contribution < 1.29 is 14.3 Å². The van der Waals surface area contributed by atoms with Gasteiger partial charge in [0.05, 0.1) is 13.2 Å². The summed E-state index contributed by atoms with van der Waals surface area (Å²) in [6.07, 6.45) is 4.05. The summed E-state index contributed by atoms with van der Waals surface area (Å²) in [6.45, 7) is 2.59. The van der Waals surface area contributed by atoms with E-state index >= 15 is 0 Å². The zero-order valence-electron chi connectivity index (χ0n) is 12.2. The van der Waals surface area contributed by atoms with E-state index in [9.17, 15) is 4.79 Å². The Hall–Kier alpha value is -1.75. The van der Waals surface area contributed by atoms with Gasteiger partial charge in [-0.2, -0.15) is 0 Å². The molecule has 0 aliphatic carbocycles. The van der Waals surface area contributed by atoms with Gasteiger partial charge in [0.15, 0.2) is 11.5 Å².